The topological polar surface area (TPSA) is 30.0 Å². The van der Waals surface area contributed by atoms with Crippen LogP contribution in [0, 0.1) is 0 Å². The molecule has 0 unspecified atom stereocenters. The maximum atomic E-state index is 11.7. The summed E-state index contributed by atoms with van der Waals surface area (Å²) < 4.78 is 0. The molecule has 0 saturated heterocycles. The Hall–Kier alpha value is -2.48. The van der Waals surface area contributed by atoms with Gasteiger partial charge in [-0.25, -0.2) is 0 Å². The molecule has 0 aliphatic heterocycles. The molecule has 0 spiro atoms. The normalized spacial score (nSPS) is 10.7. The lowest BCUT2D eigenvalue weighted by molar-refractivity contribution is 0.0988. The number of aromatic nitrogens is 1. The summed E-state index contributed by atoms with van der Waals surface area (Å²) in [5.41, 5.74) is 3.94. The predicted molar refractivity (Wildman–Crippen MR) is 81.8 cm³/mol. The molecule has 0 atom stereocenters. The molecule has 1 heterocycles. The van der Waals surface area contributed by atoms with E-state index < -0.39 is 0 Å². The number of hydrogen-bond donors (Lipinski definition) is 0. The van der Waals surface area contributed by atoms with E-state index in [0.717, 1.165) is 27.6 Å². The lowest BCUT2D eigenvalue weighted by Crippen LogP contribution is -1.95. The molecular weight excluding hydrogens is 246 g/mol. The predicted octanol–water partition coefficient (Wildman–Crippen LogP) is 4.49. The zero-order valence-electron chi connectivity index (χ0n) is 11.3. The Morgan fingerprint density at radius 2 is 1.75 bits per heavy atom. The SMILES string of the molecule is CCC(=O)c1ccc(-c2cccc3cccnc23)cc1. The third-order valence-corrected chi connectivity index (χ3v) is 3.47. The zero-order valence-corrected chi connectivity index (χ0v) is 11.3. The van der Waals surface area contributed by atoms with E-state index in [1.165, 1.54) is 0 Å². The van der Waals surface area contributed by atoms with Gasteiger partial charge in [-0.15, -0.1) is 0 Å². The molecule has 0 saturated carbocycles. The summed E-state index contributed by atoms with van der Waals surface area (Å²) >= 11 is 0. The van der Waals surface area contributed by atoms with Crippen LogP contribution in [0.25, 0.3) is 22.0 Å². The minimum atomic E-state index is 0.174. The molecule has 0 N–H and O–H groups in total. The van der Waals surface area contributed by atoms with Gasteiger partial charge >= 0.3 is 0 Å². The van der Waals surface area contributed by atoms with Crippen LogP contribution >= 0.6 is 0 Å². The smallest absolute Gasteiger partial charge is 0.162 e. The lowest BCUT2D eigenvalue weighted by Gasteiger charge is -2.06. The van der Waals surface area contributed by atoms with Gasteiger partial charge in [0.15, 0.2) is 5.78 Å². The number of carbonyl (C=O) groups is 1. The Labute approximate surface area is 118 Å². The molecular formula is C18H15NO. The number of carbonyl (C=O) groups excluding carboxylic acids is 1. The van der Waals surface area contributed by atoms with Crippen LogP contribution in [0.3, 0.4) is 0 Å². The van der Waals surface area contributed by atoms with Crippen LogP contribution in [-0.4, -0.2) is 10.8 Å². The van der Waals surface area contributed by atoms with Crippen molar-refractivity contribution in [3.05, 3.63) is 66.4 Å². The fraction of sp³-hybridized carbons (Fsp3) is 0.111. The highest BCUT2D eigenvalue weighted by molar-refractivity contribution is 5.97. The van der Waals surface area contributed by atoms with Gasteiger partial charge in [0, 0.05) is 29.1 Å². The van der Waals surface area contributed by atoms with Crippen LogP contribution in [0.5, 0.6) is 0 Å². The minimum absolute atomic E-state index is 0.174. The number of nitrogens with zero attached hydrogens (tertiary/aromatic N) is 1. The van der Waals surface area contributed by atoms with Crippen molar-refractivity contribution in [2.45, 2.75) is 13.3 Å². The molecule has 0 fully saturated rings. The summed E-state index contributed by atoms with van der Waals surface area (Å²) in [7, 11) is 0. The minimum Gasteiger partial charge on any atom is -0.294 e. The van der Waals surface area contributed by atoms with Crippen molar-refractivity contribution in [3.8, 4) is 11.1 Å². The molecule has 3 aromatic rings. The molecule has 0 bridgehead atoms. The van der Waals surface area contributed by atoms with E-state index in [1.807, 2.05) is 43.3 Å². The zero-order chi connectivity index (χ0) is 13.9. The highest BCUT2D eigenvalue weighted by Crippen LogP contribution is 2.27. The van der Waals surface area contributed by atoms with Crippen molar-refractivity contribution >= 4 is 16.7 Å². The summed E-state index contributed by atoms with van der Waals surface area (Å²) in [6, 6.07) is 17.9. The first-order valence-corrected chi connectivity index (χ1v) is 6.77. The molecule has 0 aliphatic rings. The van der Waals surface area contributed by atoms with Gasteiger partial charge in [0.1, 0.15) is 0 Å². The molecule has 98 valence electrons. The first-order valence-electron chi connectivity index (χ1n) is 6.77. The number of fused-ring (bicyclic) bond motifs is 1. The van der Waals surface area contributed by atoms with Crippen LogP contribution in [0.2, 0.25) is 0 Å². The van der Waals surface area contributed by atoms with E-state index in [-0.39, 0.29) is 5.78 Å². The Morgan fingerprint density at radius 3 is 2.50 bits per heavy atom. The molecule has 0 amide bonds. The standard InChI is InChI=1S/C18H15NO/c1-2-17(20)14-10-8-13(9-11-14)16-7-3-5-15-6-4-12-19-18(15)16/h3-12H,2H2,1H3. The Balaban J connectivity index is 2.09. The first kappa shape index (κ1) is 12.5. The second kappa shape index (κ2) is 5.25. The molecule has 3 rings (SSSR count). The monoisotopic (exact) mass is 261 g/mol. The summed E-state index contributed by atoms with van der Waals surface area (Å²) in [5.74, 6) is 0.174. The van der Waals surface area contributed by atoms with Gasteiger partial charge in [-0.1, -0.05) is 55.5 Å². The average Bonchev–Trinajstić information content (AvgIpc) is 2.54. The van der Waals surface area contributed by atoms with Crippen LogP contribution in [0.15, 0.2) is 60.8 Å². The van der Waals surface area contributed by atoms with Crippen molar-refractivity contribution in [1.82, 2.24) is 4.98 Å². The summed E-state index contributed by atoms with van der Waals surface area (Å²) in [6.45, 7) is 1.88. The van der Waals surface area contributed by atoms with E-state index in [0.29, 0.717) is 6.42 Å². The fourth-order valence-electron chi connectivity index (χ4n) is 2.38. The van der Waals surface area contributed by atoms with Gasteiger partial charge in [0.25, 0.3) is 0 Å². The maximum absolute atomic E-state index is 11.7. The van der Waals surface area contributed by atoms with E-state index >= 15 is 0 Å². The van der Waals surface area contributed by atoms with Crippen molar-refractivity contribution in [1.29, 1.82) is 0 Å². The molecule has 0 radical (unpaired) electrons. The molecule has 2 heteroatoms. The first-order chi connectivity index (χ1) is 9.79. The summed E-state index contributed by atoms with van der Waals surface area (Å²) in [4.78, 5) is 16.1. The van der Waals surface area contributed by atoms with E-state index in [2.05, 4.69) is 23.2 Å². The quantitative estimate of drug-likeness (QED) is 0.650. The molecule has 2 aromatic carbocycles. The highest BCUT2D eigenvalue weighted by atomic mass is 16.1. The summed E-state index contributed by atoms with van der Waals surface area (Å²) in [6.07, 6.45) is 2.34. The van der Waals surface area contributed by atoms with Crippen LogP contribution in [-0.2, 0) is 0 Å². The van der Waals surface area contributed by atoms with Gasteiger partial charge in [-0.2, -0.15) is 0 Å². The number of pyridine rings is 1. The molecule has 1 aromatic heterocycles. The van der Waals surface area contributed by atoms with Crippen LogP contribution in [0.4, 0.5) is 0 Å². The van der Waals surface area contributed by atoms with E-state index in [4.69, 9.17) is 0 Å². The van der Waals surface area contributed by atoms with Gasteiger partial charge in [0.05, 0.1) is 5.52 Å². The summed E-state index contributed by atoms with van der Waals surface area (Å²) in [5, 5.41) is 1.12. The largest absolute Gasteiger partial charge is 0.294 e. The van der Waals surface area contributed by atoms with Crippen molar-refractivity contribution in [3.63, 3.8) is 0 Å². The number of hydrogen-bond acceptors (Lipinski definition) is 2. The van der Waals surface area contributed by atoms with Crippen LogP contribution in [0.1, 0.15) is 23.7 Å². The number of benzene rings is 2. The molecule has 0 aliphatic carbocycles. The second-order valence-corrected chi connectivity index (χ2v) is 4.73. The van der Waals surface area contributed by atoms with Crippen LogP contribution < -0.4 is 0 Å². The number of rotatable bonds is 3. The third kappa shape index (κ3) is 2.21. The van der Waals surface area contributed by atoms with Crippen molar-refractivity contribution in [2.24, 2.45) is 0 Å². The highest BCUT2D eigenvalue weighted by Gasteiger charge is 2.06. The average molecular weight is 261 g/mol. The van der Waals surface area contributed by atoms with E-state index in [9.17, 15) is 4.79 Å². The second-order valence-electron chi connectivity index (χ2n) is 4.73. The number of Topliss-reactive ketones (excluding diaryl/α,β-unsaturated/α-hetero) is 1. The van der Waals surface area contributed by atoms with Crippen molar-refractivity contribution < 1.29 is 4.79 Å². The van der Waals surface area contributed by atoms with Gasteiger partial charge < -0.3 is 0 Å². The van der Waals surface area contributed by atoms with E-state index in [1.54, 1.807) is 6.20 Å². The number of ketones is 1. The van der Waals surface area contributed by atoms with Gasteiger partial charge in [0.2, 0.25) is 0 Å². The molecule has 2 nitrogen and oxygen atoms in total. The van der Waals surface area contributed by atoms with Crippen molar-refractivity contribution in [2.75, 3.05) is 0 Å². The number of para-hydroxylation sites is 1. The molecule has 20 heavy (non-hydrogen) atoms. The lowest BCUT2D eigenvalue weighted by atomic mass is 9.99. The Kier molecular flexibility index (Phi) is 3.30. The van der Waals surface area contributed by atoms with Gasteiger partial charge in [-0.05, 0) is 11.6 Å². The third-order valence-electron chi connectivity index (χ3n) is 3.47. The Morgan fingerprint density at radius 1 is 1.00 bits per heavy atom. The maximum Gasteiger partial charge on any atom is 0.162 e. The fourth-order valence-corrected chi connectivity index (χ4v) is 2.38. The Bertz CT molecular complexity index is 754. The van der Waals surface area contributed by atoms with Gasteiger partial charge in [-0.3, -0.25) is 9.78 Å².